The Balaban J connectivity index is 1.66. The third-order valence-corrected chi connectivity index (χ3v) is 6.11. The van der Waals surface area contributed by atoms with E-state index in [2.05, 4.69) is 22.8 Å². The largest absolute Gasteiger partial charge is 0.480 e. The number of carbonyl (C=O) groups excluding carboxylic acids is 2. The van der Waals surface area contributed by atoms with Gasteiger partial charge >= 0.3 is 12.1 Å². The standard InChI is InChI=1S/C25H30N2O5/c1-4-10-21(22(28)27-25(3,5-2)23(29)30)26-24(31)32-15-20-18-13-8-6-11-16(18)17-12-7-9-14-19(17)20/h6-9,11-14,20-21H,4-5,10,15H2,1-3H3,(H,26,31)(H,27,28)(H,29,30)/t21-,25?/m1/s1. The van der Waals surface area contributed by atoms with Crippen LogP contribution in [-0.4, -0.2) is 41.3 Å². The first kappa shape index (κ1) is 23.3. The quantitative estimate of drug-likeness (QED) is 0.548. The van der Waals surface area contributed by atoms with Gasteiger partial charge in [-0.25, -0.2) is 9.59 Å². The number of carboxylic acid groups (broad SMARTS) is 1. The van der Waals surface area contributed by atoms with Crippen molar-refractivity contribution < 1.29 is 24.2 Å². The average molecular weight is 439 g/mol. The summed E-state index contributed by atoms with van der Waals surface area (Å²) in [6.07, 6.45) is 0.527. The van der Waals surface area contributed by atoms with Crippen LogP contribution in [0.5, 0.6) is 0 Å². The van der Waals surface area contributed by atoms with Crippen LogP contribution in [0.4, 0.5) is 4.79 Å². The number of amides is 2. The van der Waals surface area contributed by atoms with Crippen molar-refractivity contribution in [1.82, 2.24) is 10.6 Å². The number of alkyl carbamates (subject to hydrolysis) is 1. The zero-order chi connectivity index (χ0) is 23.3. The number of hydrogen-bond acceptors (Lipinski definition) is 4. The van der Waals surface area contributed by atoms with Gasteiger partial charge < -0.3 is 20.5 Å². The molecule has 2 aromatic rings. The van der Waals surface area contributed by atoms with Gasteiger partial charge in [0.15, 0.2) is 0 Å². The Kier molecular flexibility index (Phi) is 7.18. The molecule has 2 atom stereocenters. The number of nitrogens with one attached hydrogen (secondary N) is 2. The average Bonchev–Trinajstić information content (AvgIpc) is 3.11. The molecule has 3 N–H and O–H groups in total. The smallest absolute Gasteiger partial charge is 0.407 e. The van der Waals surface area contributed by atoms with E-state index in [9.17, 15) is 19.5 Å². The lowest BCUT2D eigenvalue weighted by Crippen LogP contribution is -2.57. The van der Waals surface area contributed by atoms with Gasteiger partial charge in [0.05, 0.1) is 0 Å². The number of benzene rings is 2. The van der Waals surface area contributed by atoms with Crippen LogP contribution in [0, 0.1) is 0 Å². The Hall–Kier alpha value is -3.35. The molecule has 7 heteroatoms. The summed E-state index contributed by atoms with van der Waals surface area (Å²) in [5.74, 6) is -1.74. The molecule has 7 nitrogen and oxygen atoms in total. The molecule has 0 heterocycles. The SMILES string of the molecule is CCC[C@@H](NC(=O)OCC1c2ccccc2-c2ccccc21)C(=O)NC(C)(CC)C(=O)O. The van der Waals surface area contributed by atoms with E-state index in [4.69, 9.17) is 4.74 Å². The molecule has 0 saturated heterocycles. The Labute approximate surface area is 188 Å². The summed E-state index contributed by atoms with van der Waals surface area (Å²) in [7, 11) is 0. The molecule has 0 radical (unpaired) electrons. The highest BCUT2D eigenvalue weighted by Gasteiger charge is 2.35. The predicted molar refractivity (Wildman–Crippen MR) is 121 cm³/mol. The van der Waals surface area contributed by atoms with Crippen molar-refractivity contribution in [3.05, 3.63) is 59.7 Å². The molecule has 2 aromatic carbocycles. The van der Waals surface area contributed by atoms with E-state index in [1.807, 2.05) is 43.3 Å². The summed E-state index contributed by atoms with van der Waals surface area (Å²) in [5, 5.41) is 14.6. The highest BCUT2D eigenvalue weighted by Crippen LogP contribution is 2.44. The summed E-state index contributed by atoms with van der Waals surface area (Å²) in [5.41, 5.74) is 3.07. The molecule has 0 bridgehead atoms. The van der Waals surface area contributed by atoms with Crippen molar-refractivity contribution in [3.8, 4) is 11.1 Å². The van der Waals surface area contributed by atoms with E-state index in [1.165, 1.54) is 6.92 Å². The van der Waals surface area contributed by atoms with Crippen LogP contribution in [0.2, 0.25) is 0 Å². The first-order valence-corrected chi connectivity index (χ1v) is 11.0. The molecule has 170 valence electrons. The lowest BCUT2D eigenvalue weighted by Gasteiger charge is -2.27. The fourth-order valence-corrected chi connectivity index (χ4v) is 3.99. The minimum Gasteiger partial charge on any atom is -0.480 e. The summed E-state index contributed by atoms with van der Waals surface area (Å²) in [6.45, 7) is 5.16. The summed E-state index contributed by atoms with van der Waals surface area (Å²) in [4.78, 5) is 36.8. The fourth-order valence-electron chi connectivity index (χ4n) is 3.99. The molecule has 0 spiro atoms. The van der Waals surface area contributed by atoms with Crippen LogP contribution in [0.15, 0.2) is 48.5 Å². The van der Waals surface area contributed by atoms with Crippen LogP contribution < -0.4 is 10.6 Å². The first-order chi connectivity index (χ1) is 15.3. The van der Waals surface area contributed by atoms with Crippen molar-refractivity contribution in [2.75, 3.05) is 6.61 Å². The zero-order valence-corrected chi connectivity index (χ0v) is 18.7. The topological polar surface area (TPSA) is 105 Å². The van der Waals surface area contributed by atoms with Gasteiger partial charge in [-0.15, -0.1) is 0 Å². The van der Waals surface area contributed by atoms with Gasteiger partial charge in [-0.3, -0.25) is 4.79 Å². The lowest BCUT2D eigenvalue weighted by atomic mass is 9.98. The number of rotatable bonds is 9. The van der Waals surface area contributed by atoms with Gasteiger partial charge in [-0.2, -0.15) is 0 Å². The zero-order valence-electron chi connectivity index (χ0n) is 18.7. The number of aliphatic carboxylic acids is 1. The summed E-state index contributed by atoms with van der Waals surface area (Å²) >= 11 is 0. The van der Waals surface area contributed by atoms with Crippen LogP contribution in [-0.2, 0) is 14.3 Å². The van der Waals surface area contributed by atoms with E-state index in [-0.39, 0.29) is 18.9 Å². The Morgan fingerprint density at radius 3 is 2.09 bits per heavy atom. The Morgan fingerprint density at radius 1 is 1.03 bits per heavy atom. The molecule has 1 unspecified atom stereocenters. The number of ether oxygens (including phenoxy) is 1. The van der Waals surface area contributed by atoms with Crippen molar-refractivity contribution in [2.45, 2.75) is 57.5 Å². The minimum absolute atomic E-state index is 0.0815. The van der Waals surface area contributed by atoms with E-state index < -0.39 is 29.6 Å². The Bertz CT molecular complexity index is 960. The van der Waals surface area contributed by atoms with Crippen LogP contribution in [0.3, 0.4) is 0 Å². The minimum atomic E-state index is -1.40. The fraction of sp³-hybridized carbons (Fsp3) is 0.400. The molecule has 0 fully saturated rings. The normalized spacial score (nSPS) is 15.1. The maximum Gasteiger partial charge on any atom is 0.407 e. The predicted octanol–water partition coefficient (Wildman–Crippen LogP) is 4.06. The first-order valence-electron chi connectivity index (χ1n) is 11.0. The number of fused-ring (bicyclic) bond motifs is 3. The van der Waals surface area contributed by atoms with Gasteiger partial charge in [0.1, 0.15) is 18.2 Å². The third-order valence-electron chi connectivity index (χ3n) is 6.11. The van der Waals surface area contributed by atoms with Crippen molar-refractivity contribution in [1.29, 1.82) is 0 Å². The maximum absolute atomic E-state index is 12.7. The van der Waals surface area contributed by atoms with Crippen LogP contribution in [0.25, 0.3) is 11.1 Å². The van der Waals surface area contributed by atoms with Gasteiger partial charge in [-0.1, -0.05) is 68.8 Å². The second-order valence-electron chi connectivity index (χ2n) is 8.29. The number of carbonyl (C=O) groups is 3. The summed E-state index contributed by atoms with van der Waals surface area (Å²) in [6, 6.07) is 15.2. The van der Waals surface area contributed by atoms with E-state index in [0.29, 0.717) is 12.8 Å². The molecule has 0 aromatic heterocycles. The van der Waals surface area contributed by atoms with Crippen molar-refractivity contribution in [3.63, 3.8) is 0 Å². The van der Waals surface area contributed by atoms with Gasteiger partial charge in [0, 0.05) is 5.92 Å². The van der Waals surface area contributed by atoms with Crippen LogP contribution in [0.1, 0.15) is 57.1 Å². The van der Waals surface area contributed by atoms with E-state index in [1.54, 1.807) is 6.92 Å². The Morgan fingerprint density at radius 2 is 1.59 bits per heavy atom. The maximum atomic E-state index is 12.7. The van der Waals surface area contributed by atoms with Crippen molar-refractivity contribution in [2.24, 2.45) is 0 Å². The molecular formula is C25H30N2O5. The second kappa shape index (κ2) is 9.85. The molecular weight excluding hydrogens is 408 g/mol. The molecule has 1 aliphatic carbocycles. The van der Waals surface area contributed by atoms with Crippen molar-refractivity contribution >= 4 is 18.0 Å². The van der Waals surface area contributed by atoms with Gasteiger partial charge in [0.2, 0.25) is 5.91 Å². The monoisotopic (exact) mass is 438 g/mol. The highest BCUT2D eigenvalue weighted by atomic mass is 16.5. The van der Waals surface area contributed by atoms with E-state index >= 15 is 0 Å². The molecule has 1 aliphatic rings. The molecule has 0 saturated carbocycles. The summed E-state index contributed by atoms with van der Waals surface area (Å²) < 4.78 is 5.52. The van der Waals surface area contributed by atoms with Crippen LogP contribution >= 0.6 is 0 Å². The molecule has 2 amide bonds. The van der Waals surface area contributed by atoms with Gasteiger partial charge in [0.25, 0.3) is 0 Å². The molecule has 3 rings (SSSR count). The van der Waals surface area contributed by atoms with Gasteiger partial charge in [-0.05, 0) is 42.0 Å². The number of carboxylic acids is 1. The molecule has 0 aliphatic heterocycles. The second-order valence-corrected chi connectivity index (χ2v) is 8.29. The lowest BCUT2D eigenvalue weighted by molar-refractivity contribution is -0.147. The number of hydrogen-bond donors (Lipinski definition) is 3. The molecule has 32 heavy (non-hydrogen) atoms. The highest BCUT2D eigenvalue weighted by molar-refractivity contribution is 5.91. The third kappa shape index (κ3) is 4.77. The van der Waals surface area contributed by atoms with E-state index in [0.717, 1.165) is 22.3 Å².